The average Bonchev–Trinajstić information content (AvgIpc) is 3.66. The predicted octanol–water partition coefficient (Wildman–Crippen LogP) is 9.59. The molecule has 182 valence electrons. The minimum absolute atomic E-state index is 0.977. The van der Waals surface area contributed by atoms with Gasteiger partial charge in [0, 0.05) is 16.5 Å². The van der Waals surface area contributed by atoms with Crippen molar-refractivity contribution < 1.29 is 0 Å². The molecule has 1 heteroatoms. The van der Waals surface area contributed by atoms with Gasteiger partial charge < -0.3 is 4.57 Å². The number of fused-ring (bicyclic) bond motifs is 9. The van der Waals surface area contributed by atoms with Crippen LogP contribution in [0.15, 0.2) is 127 Å². The van der Waals surface area contributed by atoms with Gasteiger partial charge in [-0.2, -0.15) is 0 Å². The lowest BCUT2D eigenvalue weighted by Gasteiger charge is -2.13. The molecule has 0 aliphatic heterocycles. The van der Waals surface area contributed by atoms with Crippen molar-refractivity contribution in [1.82, 2.24) is 4.57 Å². The van der Waals surface area contributed by atoms with Crippen LogP contribution in [0, 0.1) is 0 Å². The van der Waals surface area contributed by atoms with E-state index in [2.05, 4.69) is 132 Å². The zero-order chi connectivity index (χ0) is 25.5. The zero-order valence-corrected chi connectivity index (χ0v) is 21.5. The third-order valence-corrected chi connectivity index (χ3v) is 8.91. The zero-order valence-electron chi connectivity index (χ0n) is 21.5. The van der Waals surface area contributed by atoms with Gasteiger partial charge in [-0.15, -0.1) is 0 Å². The lowest BCUT2D eigenvalue weighted by Crippen LogP contribution is -1.94. The van der Waals surface area contributed by atoms with Crippen LogP contribution in [0.2, 0.25) is 0 Å². The Kier molecular flexibility index (Phi) is 4.23. The van der Waals surface area contributed by atoms with Crippen LogP contribution >= 0.6 is 0 Å². The number of benzene rings is 6. The molecule has 1 aromatic heterocycles. The van der Waals surface area contributed by atoms with E-state index in [0.29, 0.717) is 0 Å². The molecule has 9 rings (SSSR count). The minimum atomic E-state index is 0.977. The standard InChI is InChI=1S/C38H25N/c1-2-10-27-24(9-1)21-35-28(27)13-7-14-29(35)30-15-8-16-31-34-23-26(20-19-25(34)22-36(30)31)39-37-17-5-3-11-32(37)33-12-4-6-18-38(33)39/h1-20,23H,21-22H2. The predicted molar refractivity (Wildman–Crippen MR) is 163 cm³/mol. The molecule has 1 nitrogen and oxygen atoms in total. The minimum Gasteiger partial charge on any atom is -0.309 e. The van der Waals surface area contributed by atoms with Crippen molar-refractivity contribution in [2.45, 2.75) is 12.8 Å². The fraction of sp³-hybridized carbons (Fsp3) is 0.0526. The quantitative estimate of drug-likeness (QED) is 0.225. The van der Waals surface area contributed by atoms with Crippen molar-refractivity contribution in [3.8, 4) is 39.1 Å². The molecule has 0 atom stereocenters. The molecule has 0 fully saturated rings. The summed E-state index contributed by atoms with van der Waals surface area (Å²) < 4.78 is 2.42. The number of hydrogen-bond donors (Lipinski definition) is 0. The Morgan fingerprint density at radius 2 is 0.872 bits per heavy atom. The first-order valence-electron chi connectivity index (χ1n) is 13.8. The first-order valence-corrected chi connectivity index (χ1v) is 13.8. The summed E-state index contributed by atoms with van der Waals surface area (Å²) in [5, 5.41) is 2.60. The topological polar surface area (TPSA) is 4.93 Å². The molecular formula is C38H25N. The highest BCUT2D eigenvalue weighted by molar-refractivity contribution is 6.09. The third-order valence-electron chi connectivity index (χ3n) is 8.91. The van der Waals surface area contributed by atoms with Crippen molar-refractivity contribution in [2.24, 2.45) is 0 Å². The van der Waals surface area contributed by atoms with Crippen LogP contribution in [0.4, 0.5) is 0 Å². The van der Waals surface area contributed by atoms with Gasteiger partial charge in [0.25, 0.3) is 0 Å². The third kappa shape index (κ3) is 2.90. The van der Waals surface area contributed by atoms with Crippen LogP contribution in [0.5, 0.6) is 0 Å². The fourth-order valence-electron chi connectivity index (χ4n) is 7.19. The number of hydrogen-bond acceptors (Lipinski definition) is 0. The summed E-state index contributed by atoms with van der Waals surface area (Å²) in [4.78, 5) is 0. The molecule has 1 heterocycles. The molecule has 0 saturated heterocycles. The fourth-order valence-corrected chi connectivity index (χ4v) is 7.19. The van der Waals surface area contributed by atoms with E-state index >= 15 is 0 Å². The van der Waals surface area contributed by atoms with E-state index in [-0.39, 0.29) is 0 Å². The van der Waals surface area contributed by atoms with Crippen molar-refractivity contribution in [2.75, 3.05) is 0 Å². The summed E-state index contributed by atoms with van der Waals surface area (Å²) in [5.74, 6) is 0. The van der Waals surface area contributed by atoms with E-state index < -0.39 is 0 Å². The van der Waals surface area contributed by atoms with E-state index in [0.717, 1.165) is 12.8 Å². The van der Waals surface area contributed by atoms with Gasteiger partial charge >= 0.3 is 0 Å². The largest absolute Gasteiger partial charge is 0.309 e. The molecule has 0 N–H and O–H groups in total. The van der Waals surface area contributed by atoms with E-state index in [4.69, 9.17) is 0 Å². The van der Waals surface area contributed by atoms with Gasteiger partial charge in [0.05, 0.1) is 11.0 Å². The van der Waals surface area contributed by atoms with Crippen LogP contribution in [0.3, 0.4) is 0 Å². The number of aromatic nitrogens is 1. The van der Waals surface area contributed by atoms with Crippen LogP contribution in [0.1, 0.15) is 22.3 Å². The van der Waals surface area contributed by atoms with Gasteiger partial charge in [0.1, 0.15) is 0 Å². The molecule has 0 amide bonds. The summed E-state index contributed by atoms with van der Waals surface area (Å²) in [7, 11) is 0. The summed E-state index contributed by atoms with van der Waals surface area (Å²) in [5.41, 5.74) is 17.8. The van der Waals surface area contributed by atoms with Crippen LogP contribution < -0.4 is 0 Å². The van der Waals surface area contributed by atoms with Gasteiger partial charge in [-0.05, 0) is 92.7 Å². The maximum atomic E-state index is 2.42. The van der Waals surface area contributed by atoms with Crippen molar-refractivity contribution in [3.63, 3.8) is 0 Å². The Morgan fingerprint density at radius 1 is 0.385 bits per heavy atom. The number of nitrogens with zero attached hydrogens (tertiary/aromatic N) is 1. The Hall–Kier alpha value is -4.88. The van der Waals surface area contributed by atoms with E-state index in [1.807, 2.05) is 0 Å². The Morgan fingerprint density at radius 3 is 1.54 bits per heavy atom. The molecule has 39 heavy (non-hydrogen) atoms. The van der Waals surface area contributed by atoms with Crippen molar-refractivity contribution in [3.05, 3.63) is 150 Å². The van der Waals surface area contributed by atoms with E-state index in [9.17, 15) is 0 Å². The number of para-hydroxylation sites is 2. The van der Waals surface area contributed by atoms with Gasteiger partial charge in [0.15, 0.2) is 0 Å². The Bertz CT molecular complexity index is 2070. The molecule has 0 saturated carbocycles. The summed E-state index contributed by atoms with van der Waals surface area (Å²) >= 11 is 0. The summed E-state index contributed by atoms with van der Waals surface area (Å²) in [6.07, 6.45) is 1.99. The first-order chi connectivity index (χ1) is 19.3. The van der Waals surface area contributed by atoms with Crippen LogP contribution in [-0.4, -0.2) is 4.57 Å². The normalized spacial score (nSPS) is 12.9. The van der Waals surface area contributed by atoms with Crippen LogP contribution in [0.25, 0.3) is 60.9 Å². The molecule has 0 bridgehead atoms. The summed E-state index contributed by atoms with van der Waals surface area (Å²) in [6, 6.07) is 47.2. The second-order valence-electron chi connectivity index (χ2n) is 10.9. The lowest BCUT2D eigenvalue weighted by molar-refractivity contribution is 1.17. The van der Waals surface area contributed by atoms with Crippen molar-refractivity contribution >= 4 is 21.8 Å². The van der Waals surface area contributed by atoms with Crippen LogP contribution in [-0.2, 0) is 12.8 Å². The molecule has 6 aromatic carbocycles. The molecule has 2 aliphatic carbocycles. The summed E-state index contributed by atoms with van der Waals surface area (Å²) in [6.45, 7) is 0. The highest BCUT2D eigenvalue weighted by Crippen LogP contribution is 2.47. The Labute approximate surface area is 227 Å². The smallest absolute Gasteiger partial charge is 0.0541 e. The highest BCUT2D eigenvalue weighted by atomic mass is 15.0. The average molecular weight is 496 g/mol. The Balaban J connectivity index is 1.22. The van der Waals surface area contributed by atoms with Gasteiger partial charge in [-0.3, -0.25) is 0 Å². The van der Waals surface area contributed by atoms with Gasteiger partial charge in [-0.25, -0.2) is 0 Å². The molecular weight excluding hydrogens is 470 g/mol. The van der Waals surface area contributed by atoms with Gasteiger partial charge in [0.2, 0.25) is 0 Å². The van der Waals surface area contributed by atoms with Gasteiger partial charge in [-0.1, -0.05) is 103 Å². The lowest BCUT2D eigenvalue weighted by atomic mass is 9.90. The molecule has 0 spiro atoms. The number of rotatable bonds is 2. The molecule has 7 aromatic rings. The van der Waals surface area contributed by atoms with E-state index in [1.54, 1.807) is 0 Å². The van der Waals surface area contributed by atoms with Crippen molar-refractivity contribution in [1.29, 1.82) is 0 Å². The van der Waals surface area contributed by atoms with E-state index in [1.165, 1.54) is 83.1 Å². The monoisotopic (exact) mass is 495 g/mol. The molecule has 0 unspecified atom stereocenters. The SMILES string of the molecule is c1ccc2c(c1)Cc1c-2cccc1-c1cccc2c1Cc1ccc(-n3c4ccccc4c4ccccc43)cc1-2. The maximum absolute atomic E-state index is 2.42. The second-order valence-corrected chi connectivity index (χ2v) is 10.9. The first kappa shape index (κ1) is 21.1. The second kappa shape index (κ2) is 7.82. The molecule has 2 aliphatic rings. The molecule has 0 radical (unpaired) electrons. The maximum Gasteiger partial charge on any atom is 0.0541 e. The highest BCUT2D eigenvalue weighted by Gasteiger charge is 2.26.